The van der Waals surface area contributed by atoms with Crippen LogP contribution in [-0.2, 0) is 0 Å². The maximum absolute atomic E-state index is 13.1. The van der Waals surface area contributed by atoms with Gasteiger partial charge in [-0.2, -0.15) is 5.26 Å². The van der Waals surface area contributed by atoms with Crippen molar-refractivity contribution in [3.8, 4) is 17.6 Å². The smallest absolute Gasteiger partial charge is 0.343 e. The molecule has 4 rings (SSSR count). The number of halogens is 2. The molecular weight excluding hydrogens is 451 g/mol. The van der Waals surface area contributed by atoms with E-state index in [2.05, 4.69) is 22.0 Å². The zero-order chi connectivity index (χ0) is 21.3. The molecule has 0 fully saturated rings. The highest BCUT2D eigenvalue weighted by Crippen LogP contribution is 2.43. The molecule has 5 nitrogen and oxygen atoms in total. The van der Waals surface area contributed by atoms with Gasteiger partial charge in [0.25, 0.3) is 0 Å². The van der Waals surface area contributed by atoms with E-state index in [0.717, 1.165) is 15.6 Å². The number of benzene rings is 3. The molecule has 1 heterocycles. The molecule has 0 aliphatic carbocycles. The Morgan fingerprint density at radius 1 is 1.10 bits per heavy atom. The second-order valence-corrected chi connectivity index (χ2v) is 7.49. The van der Waals surface area contributed by atoms with Gasteiger partial charge in [0.05, 0.1) is 11.5 Å². The molecule has 0 bridgehead atoms. The van der Waals surface area contributed by atoms with E-state index < -0.39 is 17.7 Å². The third-order valence-corrected chi connectivity index (χ3v) is 5.21. The number of fused-ring (bicyclic) bond motifs is 1. The molecule has 1 atom stereocenters. The van der Waals surface area contributed by atoms with Crippen molar-refractivity contribution in [1.82, 2.24) is 0 Å². The minimum absolute atomic E-state index is 0.0000649. The zero-order valence-corrected chi connectivity index (χ0v) is 17.0. The number of ether oxygens (including phenoxy) is 2. The fourth-order valence-electron chi connectivity index (χ4n) is 3.25. The molecule has 0 saturated carbocycles. The Morgan fingerprint density at radius 3 is 2.47 bits per heavy atom. The molecule has 0 aromatic heterocycles. The first kappa shape index (κ1) is 19.7. The fourth-order valence-corrected chi connectivity index (χ4v) is 3.51. The van der Waals surface area contributed by atoms with Crippen LogP contribution in [0.3, 0.4) is 0 Å². The predicted molar refractivity (Wildman–Crippen MR) is 111 cm³/mol. The van der Waals surface area contributed by atoms with Crippen LogP contribution in [0.5, 0.6) is 11.5 Å². The van der Waals surface area contributed by atoms with Gasteiger partial charge in [-0.1, -0.05) is 34.1 Å². The van der Waals surface area contributed by atoms with Gasteiger partial charge in [0.2, 0.25) is 5.88 Å². The van der Waals surface area contributed by atoms with Crippen molar-refractivity contribution in [2.45, 2.75) is 5.92 Å². The minimum atomic E-state index is -0.628. The minimum Gasteiger partial charge on any atom is -0.440 e. The van der Waals surface area contributed by atoms with Crippen LogP contribution in [0, 0.1) is 17.1 Å². The molecule has 2 N–H and O–H groups in total. The van der Waals surface area contributed by atoms with Crippen molar-refractivity contribution in [2.75, 3.05) is 0 Å². The standard InChI is InChI=1S/C23H14BrFN2O3/c24-15-5-1-13(2-6-15)21-18-10-9-17(11-20(18)30-22(27)19(21)12-26)29-23(28)14-3-7-16(25)8-4-14/h1-11,21H,27H2. The lowest BCUT2D eigenvalue weighted by molar-refractivity contribution is 0.0734. The lowest BCUT2D eigenvalue weighted by atomic mass is 9.83. The van der Waals surface area contributed by atoms with Crippen molar-refractivity contribution in [2.24, 2.45) is 5.73 Å². The Bertz CT molecular complexity index is 1200. The number of hydrogen-bond acceptors (Lipinski definition) is 5. The first-order valence-electron chi connectivity index (χ1n) is 8.91. The van der Waals surface area contributed by atoms with E-state index in [0.29, 0.717) is 11.3 Å². The summed E-state index contributed by atoms with van der Waals surface area (Å²) in [6, 6.07) is 19.7. The maximum atomic E-state index is 13.1. The molecule has 7 heteroatoms. The molecule has 0 spiro atoms. The lowest BCUT2D eigenvalue weighted by Crippen LogP contribution is -2.21. The molecule has 3 aromatic carbocycles. The summed E-state index contributed by atoms with van der Waals surface area (Å²) >= 11 is 3.41. The first-order valence-corrected chi connectivity index (χ1v) is 9.70. The number of nitrogens with zero attached hydrogens (tertiary/aromatic N) is 1. The third kappa shape index (κ3) is 3.78. The normalized spacial score (nSPS) is 15.0. The summed E-state index contributed by atoms with van der Waals surface area (Å²) < 4.78 is 25.0. The molecule has 1 unspecified atom stereocenters. The number of nitriles is 1. The number of carbonyl (C=O) groups is 1. The van der Waals surface area contributed by atoms with E-state index in [4.69, 9.17) is 15.2 Å². The molecule has 148 valence electrons. The summed E-state index contributed by atoms with van der Waals surface area (Å²) in [6.07, 6.45) is 0. The Morgan fingerprint density at radius 2 is 1.80 bits per heavy atom. The highest BCUT2D eigenvalue weighted by molar-refractivity contribution is 9.10. The molecule has 0 radical (unpaired) electrons. The first-order chi connectivity index (χ1) is 14.5. The average Bonchev–Trinajstić information content (AvgIpc) is 2.74. The van der Waals surface area contributed by atoms with Crippen molar-refractivity contribution in [3.63, 3.8) is 0 Å². The van der Waals surface area contributed by atoms with Crippen LogP contribution >= 0.6 is 15.9 Å². The predicted octanol–water partition coefficient (Wildman–Crippen LogP) is 5.03. The lowest BCUT2D eigenvalue weighted by Gasteiger charge is -2.26. The van der Waals surface area contributed by atoms with Crippen LogP contribution in [0.1, 0.15) is 27.4 Å². The van der Waals surface area contributed by atoms with Crippen LogP contribution in [0.15, 0.2) is 82.7 Å². The Kier molecular flexibility index (Phi) is 5.25. The van der Waals surface area contributed by atoms with Gasteiger partial charge >= 0.3 is 5.97 Å². The largest absolute Gasteiger partial charge is 0.440 e. The van der Waals surface area contributed by atoms with Gasteiger partial charge in [-0.15, -0.1) is 0 Å². The summed E-state index contributed by atoms with van der Waals surface area (Å²) in [5.41, 5.74) is 8.12. The van der Waals surface area contributed by atoms with E-state index >= 15 is 0 Å². The molecule has 30 heavy (non-hydrogen) atoms. The number of rotatable bonds is 3. The van der Waals surface area contributed by atoms with Gasteiger partial charge in [0.15, 0.2) is 0 Å². The number of hydrogen-bond donors (Lipinski definition) is 1. The van der Waals surface area contributed by atoms with Crippen molar-refractivity contribution in [1.29, 1.82) is 5.26 Å². The zero-order valence-electron chi connectivity index (χ0n) is 15.4. The number of carbonyl (C=O) groups excluding carboxylic acids is 1. The topological polar surface area (TPSA) is 85.3 Å². The van der Waals surface area contributed by atoms with Gasteiger partial charge in [0.1, 0.15) is 29.0 Å². The number of allylic oxidation sites excluding steroid dienone is 1. The second kappa shape index (κ2) is 8.01. The van der Waals surface area contributed by atoms with Gasteiger partial charge < -0.3 is 15.2 Å². The third-order valence-electron chi connectivity index (χ3n) is 4.68. The summed E-state index contributed by atoms with van der Waals surface area (Å²) in [5.74, 6) is -0.844. The van der Waals surface area contributed by atoms with Gasteiger partial charge in [-0.25, -0.2) is 9.18 Å². The van der Waals surface area contributed by atoms with Gasteiger partial charge in [-0.3, -0.25) is 0 Å². The Balaban J connectivity index is 1.68. The monoisotopic (exact) mass is 464 g/mol. The van der Waals surface area contributed by atoms with Crippen LogP contribution in [-0.4, -0.2) is 5.97 Å². The fraction of sp³-hybridized carbons (Fsp3) is 0.0435. The van der Waals surface area contributed by atoms with Crippen LogP contribution < -0.4 is 15.2 Å². The summed E-state index contributed by atoms with van der Waals surface area (Å²) in [4.78, 5) is 12.3. The number of esters is 1. The van der Waals surface area contributed by atoms with Crippen LogP contribution in [0.4, 0.5) is 4.39 Å². The Labute approximate surface area is 180 Å². The number of nitrogens with two attached hydrogens (primary N) is 1. The maximum Gasteiger partial charge on any atom is 0.343 e. The Hall–Kier alpha value is -3.63. The summed E-state index contributed by atoms with van der Waals surface area (Å²) in [6.45, 7) is 0. The quantitative estimate of drug-likeness (QED) is 0.434. The molecule has 3 aromatic rings. The average molecular weight is 465 g/mol. The molecule has 1 aliphatic heterocycles. The van der Waals surface area contributed by atoms with E-state index in [1.807, 2.05) is 24.3 Å². The van der Waals surface area contributed by atoms with E-state index in [-0.39, 0.29) is 17.2 Å². The summed E-state index contributed by atoms with van der Waals surface area (Å²) in [5, 5.41) is 9.62. The second-order valence-electron chi connectivity index (χ2n) is 6.57. The van der Waals surface area contributed by atoms with Gasteiger partial charge in [0, 0.05) is 16.1 Å². The van der Waals surface area contributed by atoms with E-state index in [1.165, 1.54) is 24.3 Å². The van der Waals surface area contributed by atoms with Crippen LogP contribution in [0.25, 0.3) is 0 Å². The van der Waals surface area contributed by atoms with Gasteiger partial charge in [-0.05, 0) is 48.0 Å². The van der Waals surface area contributed by atoms with Crippen molar-refractivity contribution >= 4 is 21.9 Å². The van der Waals surface area contributed by atoms with E-state index in [9.17, 15) is 14.4 Å². The SMILES string of the molecule is N#CC1=C(N)Oc2cc(OC(=O)c3ccc(F)cc3)ccc2C1c1ccc(Br)cc1. The van der Waals surface area contributed by atoms with Crippen molar-refractivity contribution < 1.29 is 18.7 Å². The van der Waals surface area contributed by atoms with Crippen LogP contribution in [0.2, 0.25) is 0 Å². The highest BCUT2D eigenvalue weighted by atomic mass is 79.9. The summed E-state index contributed by atoms with van der Waals surface area (Å²) in [7, 11) is 0. The van der Waals surface area contributed by atoms with Crippen molar-refractivity contribution in [3.05, 3.63) is 105 Å². The van der Waals surface area contributed by atoms with E-state index in [1.54, 1.807) is 18.2 Å². The molecule has 0 saturated heterocycles. The molecule has 0 amide bonds. The molecular formula is C23H14BrFN2O3. The molecule has 1 aliphatic rings. The highest BCUT2D eigenvalue weighted by Gasteiger charge is 2.31.